The molecule has 1 aromatic heterocycles. The molecule has 0 fully saturated rings. The van der Waals surface area contributed by atoms with E-state index in [1.54, 1.807) is 18.3 Å². The summed E-state index contributed by atoms with van der Waals surface area (Å²) in [5.41, 5.74) is 1.39. The van der Waals surface area contributed by atoms with E-state index in [1.165, 1.54) is 0 Å². The molecule has 0 aliphatic carbocycles. The Morgan fingerprint density at radius 2 is 2.11 bits per heavy atom. The summed E-state index contributed by atoms with van der Waals surface area (Å²) in [5, 5.41) is 11.6. The quantitative estimate of drug-likeness (QED) is 0.733. The number of hydrogen-bond acceptors (Lipinski definition) is 3. The summed E-state index contributed by atoms with van der Waals surface area (Å²) in [6, 6.07) is 10.9. The molecule has 1 heterocycles. The average molecular weight is 260 g/mol. The number of rotatable bonds is 6. The van der Waals surface area contributed by atoms with E-state index in [2.05, 4.69) is 10.3 Å². The van der Waals surface area contributed by atoms with Crippen molar-refractivity contribution in [1.29, 1.82) is 0 Å². The van der Waals surface area contributed by atoms with Crippen LogP contribution in [0.25, 0.3) is 0 Å². The fourth-order valence-electron chi connectivity index (χ4n) is 1.69. The van der Waals surface area contributed by atoms with Gasteiger partial charge in [0, 0.05) is 18.3 Å². The number of benzene rings is 1. The van der Waals surface area contributed by atoms with Crippen molar-refractivity contribution in [1.82, 2.24) is 10.3 Å². The molecule has 0 aliphatic heterocycles. The Kier molecular flexibility index (Phi) is 4.58. The number of para-hydroxylation sites is 1. The predicted molar refractivity (Wildman–Crippen MR) is 71.0 cm³/mol. The minimum atomic E-state index is -0.165. The first-order chi connectivity index (χ1) is 9.31. The molecule has 0 spiro atoms. The highest BCUT2D eigenvalue weighted by molar-refractivity contribution is 5.92. The fraction of sp³-hybridized carbons (Fsp3) is 0.214. The monoisotopic (exact) mass is 260 g/mol. The first kappa shape index (κ1) is 13.2. The van der Waals surface area contributed by atoms with Crippen LogP contribution in [-0.2, 0) is 6.54 Å². The van der Waals surface area contributed by atoms with Crippen molar-refractivity contribution in [3.05, 3.63) is 53.9 Å². The number of amides is 1. The Bertz CT molecular complexity index is 523. The smallest absolute Gasteiger partial charge is 0.267 e. The number of carbonyl (C=O) groups excluding carboxylic acids is 1. The van der Waals surface area contributed by atoms with Crippen LogP contribution < -0.4 is 10.1 Å². The third-order valence-corrected chi connectivity index (χ3v) is 2.60. The van der Waals surface area contributed by atoms with Gasteiger partial charge in [-0.3, -0.25) is 4.79 Å². The summed E-state index contributed by atoms with van der Waals surface area (Å²) >= 11 is 0. The number of ether oxygens (including phenoxy) is 1. The van der Waals surface area contributed by atoms with Gasteiger partial charge in [-0.15, -0.1) is 0 Å². The summed E-state index contributed by atoms with van der Waals surface area (Å²) in [6.07, 6.45) is 1.70. The lowest BCUT2D eigenvalue weighted by Crippen LogP contribution is -2.23. The fourth-order valence-corrected chi connectivity index (χ4v) is 1.69. The van der Waals surface area contributed by atoms with Gasteiger partial charge in [-0.25, -0.2) is 0 Å². The Morgan fingerprint density at radius 1 is 1.26 bits per heavy atom. The second kappa shape index (κ2) is 6.61. The largest absolute Gasteiger partial charge is 0.491 e. The van der Waals surface area contributed by atoms with E-state index in [0.717, 1.165) is 5.56 Å². The maximum absolute atomic E-state index is 11.8. The Labute approximate surface area is 111 Å². The molecule has 100 valence electrons. The first-order valence-electron chi connectivity index (χ1n) is 6.04. The Balaban J connectivity index is 1.97. The number of hydrogen-bond donors (Lipinski definition) is 3. The predicted octanol–water partition coefficient (Wildman–Crippen LogP) is 1.32. The van der Waals surface area contributed by atoms with Crippen LogP contribution in [0, 0.1) is 0 Å². The highest BCUT2D eigenvalue weighted by atomic mass is 16.5. The van der Waals surface area contributed by atoms with E-state index >= 15 is 0 Å². The third kappa shape index (κ3) is 3.59. The number of aliphatic hydroxyl groups excluding tert-OH is 1. The lowest BCUT2D eigenvalue weighted by molar-refractivity contribution is 0.0946. The van der Waals surface area contributed by atoms with Crippen LogP contribution in [0.4, 0.5) is 0 Å². The van der Waals surface area contributed by atoms with Crippen molar-refractivity contribution in [2.24, 2.45) is 0 Å². The Morgan fingerprint density at radius 3 is 2.84 bits per heavy atom. The van der Waals surface area contributed by atoms with E-state index in [9.17, 15) is 4.79 Å². The molecule has 0 aliphatic rings. The highest BCUT2D eigenvalue weighted by Crippen LogP contribution is 2.17. The van der Waals surface area contributed by atoms with Crippen LogP contribution in [0.15, 0.2) is 42.6 Å². The van der Waals surface area contributed by atoms with Crippen molar-refractivity contribution in [2.45, 2.75) is 6.54 Å². The van der Waals surface area contributed by atoms with Gasteiger partial charge < -0.3 is 20.1 Å². The van der Waals surface area contributed by atoms with Gasteiger partial charge in [-0.1, -0.05) is 18.2 Å². The van der Waals surface area contributed by atoms with E-state index in [-0.39, 0.29) is 19.1 Å². The number of H-pyrrole nitrogens is 1. The summed E-state index contributed by atoms with van der Waals surface area (Å²) in [7, 11) is 0. The standard InChI is InChI=1S/C14H16N2O3/c17-8-9-19-13-6-2-1-4-11(13)10-16-14(18)12-5-3-7-15-12/h1-7,15,17H,8-10H2,(H,16,18). The average Bonchev–Trinajstić information content (AvgIpc) is 2.97. The van der Waals surface area contributed by atoms with Gasteiger partial charge in [-0.05, 0) is 18.2 Å². The summed E-state index contributed by atoms with van der Waals surface area (Å²) in [5.74, 6) is 0.505. The molecule has 0 bridgehead atoms. The molecule has 5 nitrogen and oxygen atoms in total. The van der Waals surface area contributed by atoms with Crippen LogP contribution in [0.3, 0.4) is 0 Å². The Hall–Kier alpha value is -2.27. The molecular formula is C14H16N2O3. The minimum absolute atomic E-state index is 0.0385. The molecule has 1 amide bonds. The lowest BCUT2D eigenvalue weighted by atomic mass is 10.2. The molecule has 2 aromatic rings. The van der Waals surface area contributed by atoms with Crippen LogP contribution in [-0.4, -0.2) is 29.2 Å². The summed E-state index contributed by atoms with van der Waals surface area (Å²) < 4.78 is 5.40. The van der Waals surface area contributed by atoms with Crippen molar-refractivity contribution in [2.75, 3.05) is 13.2 Å². The van der Waals surface area contributed by atoms with Crippen LogP contribution in [0.2, 0.25) is 0 Å². The lowest BCUT2D eigenvalue weighted by Gasteiger charge is -2.11. The number of aliphatic hydroxyl groups is 1. The second-order valence-corrected chi connectivity index (χ2v) is 3.95. The minimum Gasteiger partial charge on any atom is -0.491 e. The van der Waals surface area contributed by atoms with E-state index < -0.39 is 0 Å². The topological polar surface area (TPSA) is 74.3 Å². The number of aromatic amines is 1. The maximum atomic E-state index is 11.8. The van der Waals surface area contributed by atoms with Crippen molar-refractivity contribution < 1.29 is 14.6 Å². The zero-order valence-electron chi connectivity index (χ0n) is 10.4. The van der Waals surface area contributed by atoms with Gasteiger partial charge in [0.15, 0.2) is 0 Å². The van der Waals surface area contributed by atoms with E-state index in [4.69, 9.17) is 9.84 Å². The van der Waals surface area contributed by atoms with E-state index in [0.29, 0.717) is 18.0 Å². The SMILES string of the molecule is O=C(NCc1ccccc1OCCO)c1ccc[nH]1. The summed E-state index contributed by atoms with van der Waals surface area (Å²) in [4.78, 5) is 14.6. The second-order valence-electron chi connectivity index (χ2n) is 3.95. The van der Waals surface area contributed by atoms with Gasteiger partial charge in [0.1, 0.15) is 18.1 Å². The van der Waals surface area contributed by atoms with Crippen molar-refractivity contribution in [3.63, 3.8) is 0 Å². The molecule has 0 saturated carbocycles. The van der Waals surface area contributed by atoms with Crippen molar-refractivity contribution >= 4 is 5.91 Å². The molecule has 19 heavy (non-hydrogen) atoms. The zero-order chi connectivity index (χ0) is 13.5. The van der Waals surface area contributed by atoms with Gasteiger partial charge >= 0.3 is 0 Å². The highest BCUT2D eigenvalue weighted by Gasteiger charge is 2.07. The maximum Gasteiger partial charge on any atom is 0.267 e. The molecule has 3 N–H and O–H groups in total. The van der Waals surface area contributed by atoms with Crippen LogP contribution in [0.5, 0.6) is 5.75 Å². The van der Waals surface area contributed by atoms with Gasteiger partial charge in [0.2, 0.25) is 0 Å². The van der Waals surface area contributed by atoms with Gasteiger partial charge in [0.05, 0.1) is 6.61 Å². The molecule has 0 atom stereocenters. The molecular weight excluding hydrogens is 244 g/mol. The molecule has 0 radical (unpaired) electrons. The number of nitrogens with one attached hydrogen (secondary N) is 2. The molecule has 0 saturated heterocycles. The number of carbonyl (C=O) groups is 1. The normalized spacial score (nSPS) is 10.2. The zero-order valence-corrected chi connectivity index (χ0v) is 10.4. The number of aromatic nitrogens is 1. The molecule has 2 rings (SSSR count). The van der Waals surface area contributed by atoms with Crippen LogP contribution in [0.1, 0.15) is 16.1 Å². The first-order valence-corrected chi connectivity index (χ1v) is 6.04. The molecule has 1 aromatic carbocycles. The van der Waals surface area contributed by atoms with Crippen molar-refractivity contribution in [3.8, 4) is 5.75 Å². The summed E-state index contributed by atoms with van der Waals surface area (Å²) in [6.45, 7) is 0.574. The van der Waals surface area contributed by atoms with Gasteiger partial charge in [-0.2, -0.15) is 0 Å². The van der Waals surface area contributed by atoms with Crippen LogP contribution >= 0.6 is 0 Å². The van der Waals surface area contributed by atoms with E-state index in [1.807, 2.05) is 24.3 Å². The molecule has 5 heteroatoms. The molecule has 0 unspecified atom stereocenters. The van der Waals surface area contributed by atoms with Gasteiger partial charge in [0.25, 0.3) is 5.91 Å². The third-order valence-electron chi connectivity index (χ3n) is 2.60.